The SMILES string of the molecule is CCCCCCC/C=C\C/C=C\CCCCCCCCCCCCCCCCCCCC(=O)NC(COC1OC(CO)C(OC2OC(CO)C(OC3OC(CO)C(O)C(O)C3O)C(O)C2O)C(O)C1O)C(O)CCCCCCCCCCCCC. The van der Waals surface area contributed by atoms with Gasteiger partial charge in [0.15, 0.2) is 18.9 Å². The van der Waals surface area contributed by atoms with Gasteiger partial charge in [-0.25, -0.2) is 0 Å². The van der Waals surface area contributed by atoms with Crippen molar-refractivity contribution in [3.05, 3.63) is 24.3 Å². The van der Waals surface area contributed by atoms with Crippen molar-refractivity contribution in [2.45, 2.75) is 362 Å². The first-order valence-corrected chi connectivity index (χ1v) is 34.1. The van der Waals surface area contributed by atoms with E-state index in [1.54, 1.807) is 0 Å². The Bertz CT molecular complexity index is 1640. The molecular formula is C66H123NO18. The Morgan fingerprint density at radius 3 is 1.20 bits per heavy atom. The third-order valence-electron chi connectivity index (χ3n) is 17.3. The van der Waals surface area contributed by atoms with Crippen molar-refractivity contribution < 1.29 is 89.4 Å². The molecular weight excluding hydrogens is 1090 g/mol. The van der Waals surface area contributed by atoms with Crippen molar-refractivity contribution in [3.8, 4) is 0 Å². The summed E-state index contributed by atoms with van der Waals surface area (Å²) in [6.07, 6.45) is 27.1. The minimum atomic E-state index is -1.97. The molecule has 0 aromatic carbocycles. The predicted molar refractivity (Wildman–Crippen MR) is 328 cm³/mol. The smallest absolute Gasteiger partial charge is 0.220 e. The first-order chi connectivity index (χ1) is 41.3. The number of ether oxygens (including phenoxy) is 6. The molecule has 3 saturated heterocycles. The summed E-state index contributed by atoms with van der Waals surface area (Å²) < 4.78 is 34.3. The highest BCUT2D eigenvalue weighted by Gasteiger charge is 2.53. The van der Waals surface area contributed by atoms with Gasteiger partial charge >= 0.3 is 0 Å². The van der Waals surface area contributed by atoms with Crippen LogP contribution in [-0.2, 0) is 33.2 Å². The van der Waals surface area contributed by atoms with Crippen LogP contribution in [0.4, 0.5) is 0 Å². The number of carbonyl (C=O) groups excluding carboxylic acids is 1. The summed E-state index contributed by atoms with van der Waals surface area (Å²) in [5, 5.41) is 120. The van der Waals surface area contributed by atoms with Crippen LogP contribution in [0, 0.1) is 0 Å². The molecule has 12 N–H and O–H groups in total. The highest BCUT2D eigenvalue weighted by molar-refractivity contribution is 5.76. The van der Waals surface area contributed by atoms with E-state index in [4.69, 9.17) is 28.4 Å². The number of amides is 1. The zero-order chi connectivity index (χ0) is 61.9. The molecule has 0 aromatic rings. The molecule has 85 heavy (non-hydrogen) atoms. The Hall–Kier alpha value is -1.73. The lowest BCUT2D eigenvalue weighted by molar-refractivity contribution is -0.379. The summed E-state index contributed by atoms with van der Waals surface area (Å²) >= 11 is 0. The summed E-state index contributed by atoms with van der Waals surface area (Å²) in [4.78, 5) is 13.4. The van der Waals surface area contributed by atoms with Crippen LogP contribution < -0.4 is 5.32 Å². The Morgan fingerprint density at radius 1 is 0.424 bits per heavy atom. The Balaban J connectivity index is 1.37. The van der Waals surface area contributed by atoms with Crippen molar-refractivity contribution in [1.82, 2.24) is 5.32 Å². The average molecular weight is 1220 g/mol. The molecule has 0 radical (unpaired) electrons. The van der Waals surface area contributed by atoms with Crippen LogP contribution in [0.15, 0.2) is 24.3 Å². The van der Waals surface area contributed by atoms with Crippen LogP contribution >= 0.6 is 0 Å². The zero-order valence-corrected chi connectivity index (χ0v) is 52.6. The first-order valence-electron chi connectivity index (χ1n) is 34.1. The minimum Gasteiger partial charge on any atom is -0.394 e. The van der Waals surface area contributed by atoms with E-state index in [-0.39, 0.29) is 18.9 Å². The molecule has 3 aliphatic rings. The maximum absolute atomic E-state index is 13.4. The number of carbonyl (C=O) groups is 1. The number of hydrogen-bond acceptors (Lipinski definition) is 18. The molecule has 0 saturated carbocycles. The summed E-state index contributed by atoms with van der Waals surface area (Å²) in [6.45, 7) is 1.78. The van der Waals surface area contributed by atoms with Crippen molar-refractivity contribution in [3.63, 3.8) is 0 Å². The van der Waals surface area contributed by atoms with Gasteiger partial charge in [0.1, 0.15) is 73.2 Å². The molecule has 19 nitrogen and oxygen atoms in total. The first kappa shape index (κ1) is 77.5. The third-order valence-corrected chi connectivity index (χ3v) is 17.3. The molecule has 17 unspecified atom stereocenters. The Morgan fingerprint density at radius 2 is 0.776 bits per heavy atom. The number of aliphatic hydroxyl groups is 11. The highest BCUT2D eigenvalue weighted by atomic mass is 16.8. The van der Waals surface area contributed by atoms with Gasteiger partial charge in [0.05, 0.1) is 38.6 Å². The van der Waals surface area contributed by atoms with Gasteiger partial charge in [-0.15, -0.1) is 0 Å². The van der Waals surface area contributed by atoms with E-state index >= 15 is 0 Å². The van der Waals surface area contributed by atoms with Gasteiger partial charge < -0.3 is 89.9 Å². The molecule has 0 aromatic heterocycles. The summed E-state index contributed by atoms with van der Waals surface area (Å²) in [5.74, 6) is -0.241. The van der Waals surface area contributed by atoms with E-state index in [0.29, 0.717) is 12.8 Å². The van der Waals surface area contributed by atoms with Crippen molar-refractivity contribution in [2.24, 2.45) is 0 Å². The van der Waals surface area contributed by atoms with Crippen molar-refractivity contribution in [1.29, 1.82) is 0 Å². The number of aliphatic hydroxyl groups excluding tert-OH is 11. The van der Waals surface area contributed by atoms with E-state index < -0.39 is 124 Å². The molecule has 500 valence electrons. The summed E-state index contributed by atoms with van der Waals surface area (Å²) in [6, 6.07) is -0.883. The third kappa shape index (κ3) is 31.7. The fraction of sp³-hybridized carbons (Fsp3) is 0.924. The monoisotopic (exact) mass is 1220 g/mol. The van der Waals surface area contributed by atoms with Crippen LogP contribution in [0.25, 0.3) is 0 Å². The van der Waals surface area contributed by atoms with Crippen LogP contribution in [-0.4, -0.2) is 193 Å². The highest BCUT2D eigenvalue weighted by Crippen LogP contribution is 2.33. The lowest BCUT2D eigenvalue weighted by atomic mass is 9.96. The molecule has 17 atom stereocenters. The van der Waals surface area contributed by atoms with E-state index in [1.165, 1.54) is 173 Å². The standard InChI is InChI=1S/C66H123NO18/c1-3-5-7-9-11-13-15-16-17-18-19-20-21-22-23-24-25-26-27-28-29-30-31-32-34-36-38-40-42-44-54(72)67-49(50(71)43-41-39-37-35-33-14-12-10-8-6-4-2)48-80-64-60(78)57(75)62(52(46-69)82-64)85-66-61(79)58(76)63(53(47-70)83-66)84-65-59(77)56(74)55(73)51(45-68)81-65/h15-16,18-19,49-53,55-66,68-71,73-79H,3-14,17,20-48H2,1-2H3,(H,67,72)/b16-15-,19-18-. The zero-order valence-electron chi connectivity index (χ0n) is 52.6. The normalized spacial score (nSPS) is 29.1. The maximum Gasteiger partial charge on any atom is 0.220 e. The topological polar surface area (TPSA) is 307 Å². The fourth-order valence-corrected chi connectivity index (χ4v) is 11.7. The molecule has 3 heterocycles. The molecule has 3 fully saturated rings. The number of rotatable bonds is 52. The predicted octanol–water partition coefficient (Wildman–Crippen LogP) is 8.27. The van der Waals surface area contributed by atoms with Crippen molar-refractivity contribution >= 4 is 5.91 Å². The van der Waals surface area contributed by atoms with Gasteiger partial charge in [-0.2, -0.15) is 0 Å². The van der Waals surface area contributed by atoms with Crippen LogP contribution in [0.2, 0.25) is 0 Å². The van der Waals surface area contributed by atoms with Crippen LogP contribution in [0.1, 0.15) is 258 Å². The summed E-state index contributed by atoms with van der Waals surface area (Å²) in [5.41, 5.74) is 0. The van der Waals surface area contributed by atoms with Gasteiger partial charge in [0.25, 0.3) is 0 Å². The molecule has 19 heteroatoms. The van der Waals surface area contributed by atoms with Crippen LogP contribution in [0.5, 0.6) is 0 Å². The van der Waals surface area contributed by atoms with E-state index in [0.717, 1.165) is 51.4 Å². The Labute approximate surface area is 511 Å². The lowest BCUT2D eigenvalue weighted by Gasteiger charge is -2.48. The van der Waals surface area contributed by atoms with Gasteiger partial charge in [-0.3, -0.25) is 4.79 Å². The van der Waals surface area contributed by atoms with Gasteiger partial charge in [-0.1, -0.05) is 231 Å². The molecule has 0 aliphatic carbocycles. The van der Waals surface area contributed by atoms with Gasteiger partial charge in [-0.05, 0) is 44.9 Å². The molecule has 1 amide bonds. The van der Waals surface area contributed by atoms with E-state index in [1.807, 2.05) is 0 Å². The number of allylic oxidation sites excluding steroid dienone is 4. The second kappa shape index (κ2) is 49.0. The molecule has 0 bridgehead atoms. The largest absolute Gasteiger partial charge is 0.394 e. The lowest BCUT2D eigenvalue weighted by Crippen LogP contribution is -2.66. The molecule has 3 rings (SSSR count). The molecule has 3 aliphatic heterocycles. The fourth-order valence-electron chi connectivity index (χ4n) is 11.7. The average Bonchev–Trinajstić information content (AvgIpc) is 3.05. The number of hydrogen-bond donors (Lipinski definition) is 12. The minimum absolute atomic E-state index is 0.241. The van der Waals surface area contributed by atoms with Gasteiger partial charge in [0.2, 0.25) is 5.91 Å². The van der Waals surface area contributed by atoms with Crippen LogP contribution in [0.3, 0.4) is 0 Å². The number of unbranched alkanes of at least 4 members (excludes halogenated alkanes) is 32. The van der Waals surface area contributed by atoms with Crippen molar-refractivity contribution in [2.75, 3.05) is 26.4 Å². The second-order valence-corrected chi connectivity index (χ2v) is 24.6. The van der Waals surface area contributed by atoms with E-state index in [9.17, 15) is 61.0 Å². The van der Waals surface area contributed by atoms with E-state index in [2.05, 4.69) is 43.5 Å². The molecule has 0 spiro atoms. The second-order valence-electron chi connectivity index (χ2n) is 24.6. The Kier molecular flexibility index (Phi) is 44.7. The maximum atomic E-state index is 13.4. The quantitative estimate of drug-likeness (QED) is 0.0201. The number of nitrogens with one attached hydrogen (secondary N) is 1. The summed E-state index contributed by atoms with van der Waals surface area (Å²) in [7, 11) is 0. The van der Waals surface area contributed by atoms with Gasteiger partial charge in [0, 0.05) is 6.42 Å².